The molecule has 2 rings (SSSR count). The lowest BCUT2D eigenvalue weighted by Gasteiger charge is -2.26. The normalized spacial score (nSPS) is 20.2. The molecule has 3 nitrogen and oxygen atoms in total. The van der Waals surface area contributed by atoms with Gasteiger partial charge >= 0.3 is 0 Å². The first kappa shape index (κ1) is 12.6. The Hall–Kier alpha value is -0.870. The molecule has 1 fully saturated rings. The van der Waals surface area contributed by atoms with Gasteiger partial charge in [-0.3, -0.25) is 4.79 Å². The molecule has 1 amide bonds. The lowest BCUT2D eigenvalue weighted by molar-refractivity contribution is -0.135. The SMILES string of the molecule is Cc1ccc(CN(C)C(=O)C2CCCNC2)s1. The van der Waals surface area contributed by atoms with E-state index in [2.05, 4.69) is 24.4 Å². The highest BCUT2D eigenvalue weighted by Gasteiger charge is 2.23. The van der Waals surface area contributed by atoms with Gasteiger partial charge in [-0.2, -0.15) is 0 Å². The maximum Gasteiger partial charge on any atom is 0.227 e. The molecule has 0 spiro atoms. The molecular weight excluding hydrogens is 232 g/mol. The predicted octanol–water partition coefficient (Wildman–Crippen LogP) is 2.01. The number of rotatable bonds is 3. The molecular formula is C13H20N2OS. The Balaban J connectivity index is 1.90. The molecule has 94 valence electrons. The number of hydrogen-bond acceptors (Lipinski definition) is 3. The molecule has 0 bridgehead atoms. The van der Waals surface area contributed by atoms with Crippen molar-refractivity contribution < 1.29 is 4.79 Å². The highest BCUT2D eigenvalue weighted by atomic mass is 32.1. The van der Waals surface area contributed by atoms with Crippen molar-refractivity contribution in [1.29, 1.82) is 0 Å². The van der Waals surface area contributed by atoms with Gasteiger partial charge in [-0.1, -0.05) is 0 Å². The van der Waals surface area contributed by atoms with Crippen molar-refractivity contribution in [2.75, 3.05) is 20.1 Å². The number of thiophene rings is 1. The summed E-state index contributed by atoms with van der Waals surface area (Å²) < 4.78 is 0. The van der Waals surface area contributed by atoms with Crippen molar-refractivity contribution >= 4 is 17.2 Å². The minimum Gasteiger partial charge on any atom is -0.340 e. The van der Waals surface area contributed by atoms with Crippen LogP contribution in [0.4, 0.5) is 0 Å². The van der Waals surface area contributed by atoms with Crippen LogP contribution in [0.25, 0.3) is 0 Å². The lowest BCUT2D eigenvalue weighted by atomic mass is 9.98. The molecule has 1 aliphatic rings. The first-order valence-electron chi connectivity index (χ1n) is 6.18. The number of piperidine rings is 1. The molecule has 0 radical (unpaired) electrons. The molecule has 0 aromatic carbocycles. The van der Waals surface area contributed by atoms with Crippen molar-refractivity contribution in [3.8, 4) is 0 Å². The third kappa shape index (κ3) is 3.30. The van der Waals surface area contributed by atoms with Crippen molar-refractivity contribution in [3.05, 3.63) is 21.9 Å². The second-order valence-corrected chi connectivity index (χ2v) is 6.12. The van der Waals surface area contributed by atoms with Crippen LogP contribution in [0.1, 0.15) is 22.6 Å². The number of amides is 1. The zero-order valence-electron chi connectivity index (χ0n) is 10.5. The summed E-state index contributed by atoms with van der Waals surface area (Å²) in [6.07, 6.45) is 2.14. The number of carbonyl (C=O) groups is 1. The third-order valence-electron chi connectivity index (χ3n) is 3.21. The molecule has 1 saturated heterocycles. The molecule has 1 aliphatic heterocycles. The predicted molar refractivity (Wildman–Crippen MR) is 71.1 cm³/mol. The average molecular weight is 252 g/mol. The van der Waals surface area contributed by atoms with E-state index in [1.165, 1.54) is 9.75 Å². The highest BCUT2D eigenvalue weighted by molar-refractivity contribution is 7.11. The van der Waals surface area contributed by atoms with Gasteiger partial charge in [0.05, 0.1) is 12.5 Å². The lowest BCUT2D eigenvalue weighted by Crippen LogP contribution is -2.41. The van der Waals surface area contributed by atoms with E-state index in [4.69, 9.17) is 0 Å². The van der Waals surface area contributed by atoms with E-state index in [0.717, 1.165) is 32.5 Å². The van der Waals surface area contributed by atoms with E-state index >= 15 is 0 Å². The fraction of sp³-hybridized carbons (Fsp3) is 0.615. The monoisotopic (exact) mass is 252 g/mol. The van der Waals surface area contributed by atoms with Gasteiger partial charge in [0.2, 0.25) is 5.91 Å². The fourth-order valence-corrected chi connectivity index (χ4v) is 3.20. The second kappa shape index (κ2) is 5.65. The summed E-state index contributed by atoms with van der Waals surface area (Å²) in [5.41, 5.74) is 0. The number of nitrogens with zero attached hydrogens (tertiary/aromatic N) is 1. The summed E-state index contributed by atoms with van der Waals surface area (Å²) >= 11 is 1.77. The largest absolute Gasteiger partial charge is 0.340 e. The maximum absolute atomic E-state index is 12.2. The van der Waals surface area contributed by atoms with Gasteiger partial charge in [-0.05, 0) is 38.4 Å². The molecule has 1 unspecified atom stereocenters. The maximum atomic E-state index is 12.2. The van der Waals surface area contributed by atoms with Gasteiger partial charge in [-0.15, -0.1) is 11.3 Å². The van der Waals surface area contributed by atoms with Crippen LogP contribution in [0.5, 0.6) is 0 Å². The third-order valence-corrected chi connectivity index (χ3v) is 4.20. The topological polar surface area (TPSA) is 32.3 Å². The number of hydrogen-bond donors (Lipinski definition) is 1. The van der Waals surface area contributed by atoms with Gasteiger partial charge in [-0.25, -0.2) is 0 Å². The van der Waals surface area contributed by atoms with Crippen molar-refractivity contribution in [3.63, 3.8) is 0 Å². The first-order chi connectivity index (χ1) is 8.16. The van der Waals surface area contributed by atoms with Crippen LogP contribution in [0, 0.1) is 12.8 Å². The van der Waals surface area contributed by atoms with Gasteiger partial charge in [0.15, 0.2) is 0 Å². The van der Waals surface area contributed by atoms with Gasteiger partial charge in [0.1, 0.15) is 0 Å². The van der Waals surface area contributed by atoms with E-state index in [9.17, 15) is 4.79 Å². The quantitative estimate of drug-likeness (QED) is 0.892. The van der Waals surface area contributed by atoms with Crippen molar-refractivity contribution in [2.24, 2.45) is 5.92 Å². The molecule has 1 atom stereocenters. The Morgan fingerprint density at radius 1 is 1.59 bits per heavy atom. The molecule has 1 aromatic rings. The van der Waals surface area contributed by atoms with E-state index < -0.39 is 0 Å². The van der Waals surface area contributed by atoms with E-state index in [0.29, 0.717) is 0 Å². The van der Waals surface area contributed by atoms with Gasteiger partial charge in [0, 0.05) is 23.3 Å². The van der Waals surface area contributed by atoms with Gasteiger partial charge in [0.25, 0.3) is 0 Å². The van der Waals surface area contributed by atoms with Crippen molar-refractivity contribution in [2.45, 2.75) is 26.3 Å². The summed E-state index contributed by atoms with van der Waals surface area (Å²) in [6.45, 7) is 4.74. The minimum atomic E-state index is 0.176. The summed E-state index contributed by atoms with van der Waals surface area (Å²) in [5, 5.41) is 3.29. The van der Waals surface area contributed by atoms with E-state index in [-0.39, 0.29) is 11.8 Å². The van der Waals surface area contributed by atoms with Crippen LogP contribution in [0.3, 0.4) is 0 Å². The molecule has 1 aromatic heterocycles. The zero-order valence-corrected chi connectivity index (χ0v) is 11.3. The molecule has 4 heteroatoms. The van der Waals surface area contributed by atoms with Gasteiger partial charge < -0.3 is 10.2 Å². The summed E-state index contributed by atoms with van der Waals surface area (Å²) in [7, 11) is 1.91. The molecule has 17 heavy (non-hydrogen) atoms. The second-order valence-electron chi connectivity index (χ2n) is 4.75. The van der Waals surface area contributed by atoms with Crippen LogP contribution in [-0.2, 0) is 11.3 Å². The Kier molecular flexibility index (Phi) is 4.18. The highest BCUT2D eigenvalue weighted by Crippen LogP contribution is 2.19. The number of carbonyl (C=O) groups excluding carboxylic acids is 1. The molecule has 0 saturated carbocycles. The Bertz CT molecular complexity index is 383. The molecule has 2 heterocycles. The fourth-order valence-electron chi connectivity index (χ4n) is 2.26. The van der Waals surface area contributed by atoms with Crippen LogP contribution < -0.4 is 5.32 Å². The Labute approximate surface area is 107 Å². The van der Waals surface area contributed by atoms with Crippen molar-refractivity contribution in [1.82, 2.24) is 10.2 Å². The standard InChI is InChI=1S/C13H20N2OS/c1-10-5-6-12(17-10)9-15(2)13(16)11-4-3-7-14-8-11/h5-6,11,14H,3-4,7-9H2,1-2H3. The Morgan fingerprint density at radius 3 is 3.00 bits per heavy atom. The van der Waals surface area contributed by atoms with Crippen LogP contribution >= 0.6 is 11.3 Å². The Morgan fingerprint density at radius 2 is 2.41 bits per heavy atom. The van der Waals surface area contributed by atoms with E-state index in [1.807, 2.05) is 11.9 Å². The number of nitrogens with one attached hydrogen (secondary N) is 1. The molecule has 1 N–H and O–H groups in total. The summed E-state index contributed by atoms with van der Waals surface area (Å²) in [4.78, 5) is 16.6. The van der Waals surface area contributed by atoms with E-state index in [1.54, 1.807) is 11.3 Å². The average Bonchev–Trinajstić information content (AvgIpc) is 2.75. The summed E-state index contributed by atoms with van der Waals surface area (Å²) in [5.74, 6) is 0.457. The van der Waals surface area contributed by atoms with Crippen LogP contribution in [0.2, 0.25) is 0 Å². The number of aryl methyl sites for hydroxylation is 1. The van der Waals surface area contributed by atoms with Crippen LogP contribution in [0.15, 0.2) is 12.1 Å². The smallest absolute Gasteiger partial charge is 0.227 e. The van der Waals surface area contributed by atoms with Crippen LogP contribution in [-0.4, -0.2) is 30.9 Å². The zero-order chi connectivity index (χ0) is 12.3. The summed E-state index contributed by atoms with van der Waals surface area (Å²) in [6, 6.07) is 4.23. The first-order valence-corrected chi connectivity index (χ1v) is 6.99. The minimum absolute atomic E-state index is 0.176. The molecule has 0 aliphatic carbocycles.